The number of benzene rings is 3. The third-order valence-corrected chi connectivity index (χ3v) is 7.65. The van der Waals surface area contributed by atoms with Crippen LogP contribution in [0.5, 0.6) is 0 Å². The van der Waals surface area contributed by atoms with Crippen molar-refractivity contribution in [1.29, 1.82) is 0 Å². The van der Waals surface area contributed by atoms with Gasteiger partial charge < -0.3 is 9.84 Å². The quantitative estimate of drug-likeness (QED) is 0.351. The van der Waals surface area contributed by atoms with E-state index in [0.29, 0.717) is 26.7 Å². The number of ether oxygens (including phenoxy) is 1. The van der Waals surface area contributed by atoms with E-state index < -0.39 is 17.0 Å². The molecule has 0 aromatic heterocycles. The maximum absolute atomic E-state index is 16.0. The number of nitrogens with zero attached hydrogens (tertiary/aromatic N) is 1. The molecule has 1 atom stereocenters. The van der Waals surface area contributed by atoms with Crippen molar-refractivity contribution in [3.05, 3.63) is 111 Å². The summed E-state index contributed by atoms with van der Waals surface area (Å²) >= 11 is 12.3. The zero-order chi connectivity index (χ0) is 25.7. The number of halogens is 3. The Balaban J connectivity index is 1.73. The van der Waals surface area contributed by atoms with Gasteiger partial charge in [-0.25, -0.2) is 4.39 Å². The van der Waals surface area contributed by atoms with Gasteiger partial charge in [0.15, 0.2) is 5.72 Å². The summed E-state index contributed by atoms with van der Waals surface area (Å²) < 4.78 is 22.7. The summed E-state index contributed by atoms with van der Waals surface area (Å²) in [7, 11) is 0. The van der Waals surface area contributed by atoms with E-state index in [-0.39, 0.29) is 36.8 Å². The zero-order valence-electron chi connectivity index (χ0n) is 19.9. The van der Waals surface area contributed by atoms with Crippen molar-refractivity contribution in [1.82, 2.24) is 4.90 Å². The molecule has 186 valence electrons. The fourth-order valence-electron chi connectivity index (χ4n) is 4.74. The van der Waals surface area contributed by atoms with Gasteiger partial charge in [0.25, 0.3) is 5.91 Å². The summed E-state index contributed by atoms with van der Waals surface area (Å²) in [5.74, 6) is -0.910. The molecule has 1 aliphatic carbocycles. The lowest BCUT2D eigenvalue weighted by molar-refractivity contribution is -0.130. The van der Waals surface area contributed by atoms with Crippen molar-refractivity contribution in [3.63, 3.8) is 0 Å². The molecule has 2 aliphatic rings. The molecular weight excluding hydrogens is 500 g/mol. The number of allylic oxidation sites excluding steroid dienone is 1. The van der Waals surface area contributed by atoms with Gasteiger partial charge in [-0.05, 0) is 67.3 Å². The van der Waals surface area contributed by atoms with Gasteiger partial charge in [-0.1, -0.05) is 59.6 Å². The molecule has 3 aromatic rings. The molecule has 1 unspecified atom stereocenters. The molecule has 36 heavy (non-hydrogen) atoms. The highest BCUT2D eigenvalue weighted by molar-refractivity contribution is 6.30. The second kappa shape index (κ2) is 9.31. The van der Waals surface area contributed by atoms with E-state index in [9.17, 15) is 9.90 Å². The van der Waals surface area contributed by atoms with Gasteiger partial charge >= 0.3 is 0 Å². The first-order valence-electron chi connectivity index (χ1n) is 11.8. The van der Waals surface area contributed by atoms with Crippen molar-refractivity contribution < 1.29 is 19.0 Å². The molecule has 0 spiro atoms. The van der Waals surface area contributed by atoms with Crippen molar-refractivity contribution in [2.24, 2.45) is 5.41 Å². The van der Waals surface area contributed by atoms with Crippen molar-refractivity contribution in [2.45, 2.75) is 32.0 Å². The number of amides is 1. The SMILES string of the molecule is C=C(C)c1cc(F)c2c(c1)C(=O)N(Cc1ccc(Cl)cc1)C2(OCC1(CO)CC1)c1ccc(Cl)cc1. The number of aliphatic hydroxyl groups is 1. The Hall–Kier alpha value is -2.70. The Morgan fingerprint density at radius 3 is 2.25 bits per heavy atom. The van der Waals surface area contributed by atoms with Gasteiger partial charge in [-0.3, -0.25) is 9.69 Å². The van der Waals surface area contributed by atoms with E-state index in [0.717, 1.165) is 18.4 Å². The van der Waals surface area contributed by atoms with E-state index in [1.54, 1.807) is 54.3 Å². The second-order valence-corrected chi connectivity index (χ2v) is 10.6. The summed E-state index contributed by atoms with van der Waals surface area (Å²) in [5, 5.41) is 11.1. The van der Waals surface area contributed by atoms with Crippen LogP contribution in [0.4, 0.5) is 4.39 Å². The van der Waals surface area contributed by atoms with Crippen LogP contribution >= 0.6 is 23.2 Å². The van der Waals surface area contributed by atoms with Crippen LogP contribution in [0.15, 0.2) is 67.2 Å². The Kier molecular flexibility index (Phi) is 6.46. The number of fused-ring (bicyclic) bond motifs is 1. The number of hydrogen-bond acceptors (Lipinski definition) is 3. The normalized spacial score (nSPS) is 19.9. The number of rotatable bonds is 8. The van der Waals surface area contributed by atoms with Crippen LogP contribution in [-0.2, 0) is 17.0 Å². The molecule has 3 aromatic carbocycles. The van der Waals surface area contributed by atoms with E-state index in [4.69, 9.17) is 27.9 Å². The molecule has 4 nitrogen and oxygen atoms in total. The fraction of sp³-hybridized carbons (Fsp3) is 0.276. The van der Waals surface area contributed by atoms with Crippen LogP contribution < -0.4 is 0 Å². The van der Waals surface area contributed by atoms with Crippen LogP contribution in [0.1, 0.15) is 52.4 Å². The lowest BCUT2D eigenvalue weighted by Gasteiger charge is -2.40. The molecule has 1 fully saturated rings. The largest absolute Gasteiger partial charge is 0.396 e. The number of carbonyl (C=O) groups is 1. The number of aliphatic hydroxyl groups excluding tert-OH is 1. The minimum absolute atomic E-state index is 0.0429. The molecule has 1 heterocycles. The van der Waals surface area contributed by atoms with Crippen LogP contribution in [0.2, 0.25) is 10.0 Å². The molecule has 0 saturated heterocycles. The van der Waals surface area contributed by atoms with Gasteiger partial charge in [-0.15, -0.1) is 0 Å². The number of hydrogen-bond donors (Lipinski definition) is 1. The predicted molar refractivity (Wildman–Crippen MR) is 139 cm³/mol. The maximum atomic E-state index is 16.0. The molecule has 7 heteroatoms. The highest BCUT2D eigenvalue weighted by atomic mass is 35.5. The zero-order valence-corrected chi connectivity index (χ0v) is 21.4. The summed E-state index contributed by atoms with van der Waals surface area (Å²) in [6.45, 7) is 5.97. The summed E-state index contributed by atoms with van der Waals surface area (Å²) in [4.78, 5) is 15.6. The number of carbonyl (C=O) groups excluding carboxylic acids is 1. The van der Waals surface area contributed by atoms with E-state index in [1.165, 1.54) is 6.07 Å². The van der Waals surface area contributed by atoms with Crippen LogP contribution in [-0.4, -0.2) is 29.1 Å². The first-order chi connectivity index (χ1) is 17.2. The molecule has 5 rings (SSSR count). The van der Waals surface area contributed by atoms with Crippen molar-refractivity contribution in [3.8, 4) is 0 Å². The second-order valence-electron chi connectivity index (χ2n) is 9.78. The van der Waals surface area contributed by atoms with Crippen molar-refractivity contribution in [2.75, 3.05) is 13.2 Å². The smallest absolute Gasteiger partial charge is 0.257 e. The van der Waals surface area contributed by atoms with Gasteiger partial charge in [0.1, 0.15) is 5.82 Å². The Morgan fingerprint density at radius 1 is 1.08 bits per heavy atom. The lowest BCUT2D eigenvalue weighted by Crippen LogP contribution is -2.48. The summed E-state index contributed by atoms with van der Waals surface area (Å²) in [5.41, 5.74) is 1.01. The highest BCUT2D eigenvalue weighted by Gasteiger charge is 2.56. The van der Waals surface area contributed by atoms with E-state index >= 15 is 4.39 Å². The molecule has 0 radical (unpaired) electrons. The monoisotopic (exact) mass is 525 g/mol. The fourth-order valence-corrected chi connectivity index (χ4v) is 4.99. The molecule has 0 bridgehead atoms. The van der Waals surface area contributed by atoms with Gasteiger partial charge in [-0.2, -0.15) is 0 Å². The standard InChI is InChI=1S/C29H26Cl2FNO3/c1-18(2)20-13-24-26(25(32)14-20)29(21-5-9-23(31)10-6-21,36-17-28(16-34)11-12-28)33(27(24)35)15-19-3-7-22(30)8-4-19/h3-10,13-14,34H,1,11-12,15-17H2,2H3. The molecule has 1 saturated carbocycles. The predicted octanol–water partition coefficient (Wildman–Crippen LogP) is 6.81. The molecule has 1 amide bonds. The van der Waals surface area contributed by atoms with Crippen LogP contribution in [0.3, 0.4) is 0 Å². The Labute approximate surface area is 219 Å². The first kappa shape index (κ1) is 25.0. The summed E-state index contributed by atoms with van der Waals surface area (Å²) in [6.07, 6.45) is 1.60. The molecule has 1 N–H and O–H groups in total. The topological polar surface area (TPSA) is 49.8 Å². The van der Waals surface area contributed by atoms with Crippen LogP contribution in [0.25, 0.3) is 5.57 Å². The average Bonchev–Trinajstić information content (AvgIpc) is 3.61. The first-order valence-corrected chi connectivity index (χ1v) is 12.5. The third kappa shape index (κ3) is 4.24. The lowest BCUT2D eigenvalue weighted by atomic mass is 9.90. The van der Waals surface area contributed by atoms with Gasteiger partial charge in [0, 0.05) is 27.6 Å². The average molecular weight is 526 g/mol. The molecule has 1 aliphatic heterocycles. The van der Waals surface area contributed by atoms with Crippen molar-refractivity contribution >= 4 is 34.7 Å². The van der Waals surface area contributed by atoms with Gasteiger partial charge in [0.05, 0.1) is 24.3 Å². The maximum Gasteiger partial charge on any atom is 0.257 e. The summed E-state index contributed by atoms with van der Waals surface area (Å²) in [6, 6.07) is 17.1. The minimum atomic E-state index is -1.56. The molecular formula is C29H26Cl2FNO3. The van der Waals surface area contributed by atoms with Gasteiger partial charge in [0.2, 0.25) is 0 Å². The van der Waals surface area contributed by atoms with E-state index in [1.807, 2.05) is 12.1 Å². The Morgan fingerprint density at radius 2 is 1.69 bits per heavy atom. The highest BCUT2D eigenvalue weighted by Crippen LogP contribution is 2.52. The van der Waals surface area contributed by atoms with Crippen LogP contribution in [0, 0.1) is 11.2 Å². The minimum Gasteiger partial charge on any atom is -0.396 e. The van der Waals surface area contributed by atoms with E-state index in [2.05, 4.69) is 6.58 Å². The third-order valence-electron chi connectivity index (χ3n) is 7.15. The Bertz CT molecular complexity index is 1340.